The molecular weight excluding hydrogens is 278 g/mol. The van der Waals surface area contributed by atoms with Crippen molar-refractivity contribution in [1.82, 2.24) is 10.2 Å². The SMILES string of the molecule is CN=C(NCc1ccco1)N1CCS(=O)(=O)C(C)(C)C1. The molecule has 6 nitrogen and oxygen atoms in total. The van der Waals surface area contributed by atoms with Crippen LogP contribution in [0.4, 0.5) is 0 Å². The van der Waals surface area contributed by atoms with E-state index in [0.717, 1.165) is 5.76 Å². The number of sulfone groups is 1. The first-order valence-corrected chi connectivity index (χ1v) is 8.21. The quantitative estimate of drug-likeness (QED) is 0.648. The molecule has 0 bridgehead atoms. The van der Waals surface area contributed by atoms with Crippen molar-refractivity contribution in [2.75, 3.05) is 25.9 Å². The third-order valence-electron chi connectivity index (χ3n) is 3.56. The summed E-state index contributed by atoms with van der Waals surface area (Å²) < 4.78 is 28.5. The van der Waals surface area contributed by atoms with Crippen LogP contribution in [0.5, 0.6) is 0 Å². The molecule has 0 unspecified atom stereocenters. The fraction of sp³-hybridized carbons (Fsp3) is 0.615. The van der Waals surface area contributed by atoms with Gasteiger partial charge in [-0.15, -0.1) is 0 Å². The Labute approximate surface area is 119 Å². The van der Waals surface area contributed by atoms with Crippen LogP contribution < -0.4 is 5.32 Å². The fourth-order valence-electron chi connectivity index (χ4n) is 2.24. The van der Waals surface area contributed by atoms with Crippen LogP contribution in [0.3, 0.4) is 0 Å². The molecular formula is C13H21N3O3S. The van der Waals surface area contributed by atoms with E-state index in [-0.39, 0.29) is 5.75 Å². The number of rotatable bonds is 2. The highest BCUT2D eigenvalue weighted by Crippen LogP contribution is 2.23. The Morgan fingerprint density at radius 1 is 1.55 bits per heavy atom. The Morgan fingerprint density at radius 3 is 2.85 bits per heavy atom. The van der Waals surface area contributed by atoms with E-state index >= 15 is 0 Å². The Bertz CT molecular complexity index is 576. The highest BCUT2D eigenvalue weighted by atomic mass is 32.2. The minimum absolute atomic E-state index is 0.154. The van der Waals surface area contributed by atoms with Gasteiger partial charge >= 0.3 is 0 Å². The average molecular weight is 299 g/mol. The van der Waals surface area contributed by atoms with Crippen molar-refractivity contribution in [1.29, 1.82) is 0 Å². The molecule has 2 rings (SSSR count). The molecule has 1 aromatic rings. The van der Waals surface area contributed by atoms with Crippen molar-refractivity contribution in [3.05, 3.63) is 24.2 Å². The second-order valence-corrected chi connectivity index (χ2v) is 8.22. The predicted molar refractivity (Wildman–Crippen MR) is 78.3 cm³/mol. The molecule has 0 aliphatic carbocycles. The summed E-state index contributed by atoms with van der Waals surface area (Å²) in [5.74, 6) is 1.67. The molecule has 112 valence electrons. The van der Waals surface area contributed by atoms with E-state index in [2.05, 4.69) is 10.3 Å². The van der Waals surface area contributed by atoms with Gasteiger partial charge in [0.15, 0.2) is 15.8 Å². The maximum atomic E-state index is 12.0. The molecule has 0 aromatic carbocycles. The zero-order valence-corrected chi connectivity index (χ0v) is 12.9. The first kappa shape index (κ1) is 14.9. The lowest BCUT2D eigenvalue weighted by molar-refractivity contribution is 0.351. The molecule has 1 N–H and O–H groups in total. The Hall–Kier alpha value is -1.50. The lowest BCUT2D eigenvalue weighted by atomic mass is 10.2. The molecule has 0 saturated carbocycles. The highest BCUT2D eigenvalue weighted by Gasteiger charge is 2.40. The van der Waals surface area contributed by atoms with Crippen molar-refractivity contribution in [2.45, 2.75) is 25.1 Å². The molecule has 0 amide bonds. The van der Waals surface area contributed by atoms with Crippen LogP contribution in [0.1, 0.15) is 19.6 Å². The summed E-state index contributed by atoms with van der Waals surface area (Å²) >= 11 is 0. The fourth-order valence-corrected chi connectivity index (χ4v) is 3.60. The highest BCUT2D eigenvalue weighted by molar-refractivity contribution is 7.92. The normalized spacial score (nSPS) is 21.8. The minimum Gasteiger partial charge on any atom is -0.467 e. The van der Waals surface area contributed by atoms with Crippen LogP contribution in [0.25, 0.3) is 0 Å². The molecule has 1 aliphatic rings. The van der Waals surface area contributed by atoms with Crippen LogP contribution >= 0.6 is 0 Å². The lowest BCUT2D eigenvalue weighted by Crippen LogP contribution is -2.57. The second kappa shape index (κ2) is 5.47. The molecule has 20 heavy (non-hydrogen) atoms. The monoisotopic (exact) mass is 299 g/mol. The molecule has 0 radical (unpaired) electrons. The van der Waals surface area contributed by atoms with Gasteiger partial charge in [0.25, 0.3) is 0 Å². The number of hydrogen-bond donors (Lipinski definition) is 1. The van der Waals surface area contributed by atoms with E-state index in [9.17, 15) is 8.42 Å². The summed E-state index contributed by atoms with van der Waals surface area (Å²) in [5, 5.41) is 3.19. The van der Waals surface area contributed by atoms with E-state index < -0.39 is 14.6 Å². The summed E-state index contributed by atoms with van der Waals surface area (Å²) in [6.07, 6.45) is 1.62. The number of guanidine groups is 1. The first-order chi connectivity index (χ1) is 9.36. The van der Waals surface area contributed by atoms with Crippen LogP contribution in [-0.2, 0) is 16.4 Å². The maximum absolute atomic E-state index is 12.0. The zero-order chi connectivity index (χ0) is 14.8. The van der Waals surface area contributed by atoms with E-state index in [1.807, 2.05) is 17.0 Å². The van der Waals surface area contributed by atoms with Gasteiger partial charge in [-0.2, -0.15) is 0 Å². The van der Waals surface area contributed by atoms with Gasteiger partial charge in [-0.25, -0.2) is 8.42 Å². The van der Waals surface area contributed by atoms with Gasteiger partial charge in [-0.3, -0.25) is 4.99 Å². The summed E-state index contributed by atoms with van der Waals surface area (Å²) in [7, 11) is -1.34. The number of nitrogens with zero attached hydrogens (tertiary/aromatic N) is 2. The molecule has 1 saturated heterocycles. The van der Waals surface area contributed by atoms with Gasteiger partial charge < -0.3 is 14.6 Å². The smallest absolute Gasteiger partial charge is 0.194 e. The molecule has 0 atom stereocenters. The third kappa shape index (κ3) is 2.98. The average Bonchev–Trinajstić information content (AvgIpc) is 2.87. The zero-order valence-electron chi connectivity index (χ0n) is 12.1. The van der Waals surface area contributed by atoms with E-state index in [1.54, 1.807) is 27.2 Å². The number of nitrogens with one attached hydrogen (secondary N) is 1. The second-order valence-electron chi connectivity index (χ2n) is 5.48. The topological polar surface area (TPSA) is 74.9 Å². The van der Waals surface area contributed by atoms with E-state index in [4.69, 9.17) is 4.42 Å². The summed E-state index contributed by atoms with van der Waals surface area (Å²) in [6.45, 7) is 4.95. The molecule has 1 fully saturated rings. The van der Waals surface area contributed by atoms with Crippen LogP contribution in [0, 0.1) is 0 Å². The first-order valence-electron chi connectivity index (χ1n) is 6.56. The predicted octanol–water partition coefficient (Wildman–Crippen LogP) is 0.864. The summed E-state index contributed by atoms with van der Waals surface area (Å²) in [4.78, 5) is 6.20. The lowest BCUT2D eigenvalue weighted by Gasteiger charge is -2.39. The molecule has 1 aromatic heterocycles. The summed E-state index contributed by atoms with van der Waals surface area (Å²) in [6, 6.07) is 3.71. The van der Waals surface area contributed by atoms with Crippen molar-refractivity contribution in [2.24, 2.45) is 4.99 Å². The molecule has 7 heteroatoms. The molecule has 1 aliphatic heterocycles. The van der Waals surface area contributed by atoms with Gasteiger partial charge in [-0.05, 0) is 26.0 Å². The maximum Gasteiger partial charge on any atom is 0.194 e. The Kier molecular flexibility index (Phi) is 4.08. The molecule has 2 heterocycles. The number of hydrogen-bond acceptors (Lipinski definition) is 4. The minimum atomic E-state index is -3.04. The van der Waals surface area contributed by atoms with E-state index in [1.165, 1.54) is 0 Å². The van der Waals surface area contributed by atoms with Crippen LogP contribution in [0.15, 0.2) is 27.8 Å². The number of aliphatic imine (C=N–C) groups is 1. The summed E-state index contributed by atoms with van der Waals surface area (Å²) in [5.41, 5.74) is 0. The largest absolute Gasteiger partial charge is 0.467 e. The van der Waals surface area contributed by atoms with Crippen LogP contribution in [0.2, 0.25) is 0 Å². The van der Waals surface area contributed by atoms with Crippen LogP contribution in [-0.4, -0.2) is 49.9 Å². The molecule has 0 spiro atoms. The van der Waals surface area contributed by atoms with Crippen molar-refractivity contribution in [3.63, 3.8) is 0 Å². The Balaban J connectivity index is 2.03. The van der Waals surface area contributed by atoms with Gasteiger partial charge in [0.1, 0.15) is 5.76 Å². The van der Waals surface area contributed by atoms with Gasteiger partial charge in [0.2, 0.25) is 0 Å². The van der Waals surface area contributed by atoms with Crippen molar-refractivity contribution in [3.8, 4) is 0 Å². The van der Waals surface area contributed by atoms with Crippen molar-refractivity contribution >= 4 is 15.8 Å². The van der Waals surface area contributed by atoms with E-state index in [0.29, 0.717) is 25.6 Å². The van der Waals surface area contributed by atoms with Gasteiger partial charge in [0.05, 0.1) is 23.3 Å². The Morgan fingerprint density at radius 2 is 2.30 bits per heavy atom. The number of furan rings is 1. The third-order valence-corrected chi connectivity index (χ3v) is 6.09. The van der Waals surface area contributed by atoms with Crippen molar-refractivity contribution < 1.29 is 12.8 Å². The van der Waals surface area contributed by atoms with Gasteiger partial charge in [-0.1, -0.05) is 0 Å². The standard InChI is InChI=1S/C13H21N3O3S/c1-13(2)10-16(6-8-20(13,17)18)12(14-3)15-9-11-5-4-7-19-11/h4-5,7H,6,8-10H2,1-3H3,(H,14,15). The van der Waals surface area contributed by atoms with Gasteiger partial charge in [0, 0.05) is 20.1 Å².